The first-order valence-corrected chi connectivity index (χ1v) is 9.96. The van der Waals surface area contributed by atoms with Crippen LogP contribution in [0.1, 0.15) is 47.1 Å². The van der Waals surface area contributed by atoms with Gasteiger partial charge < -0.3 is 25.0 Å². The first-order valence-electron chi connectivity index (χ1n) is 9.96. The van der Waals surface area contributed by atoms with Crippen LogP contribution in [0.15, 0.2) is 23.2 Å². The van der Waals surface area contributed by atoms with Gasteiger partial charge in [-0.25, -0.2) is 0 Å². The average Bonchev–Trinajstić information content (AvgIpc) is 2.62. The van der Waals surface area contributed by atoms with Crippen LogP contribution in [0.25, 0.3) is 0 Å². The Morgan fingerprint density at radius 1 is 1.10 bits per heavy atom. The number of likely N-dealkylation sites (N-methyl/N-ethyl adjacent to an activating group) is 1. The molecule has 0 spiro atoms. The van der Waals surface area contributed by atoms with Crippen molar-refractivity contribution in [2.75, 3.05) is 40.9 Å². The van der Waals surface area contributed by atoms with Gasteiger partial charge in [-0.2, -0.15) is 0 Å². The lowest BCUT2D eigenvalue weighted by Crippen LogP contribution is -2.49. The van der Waals surface area contributed by atoms with Crippen LogP contribution < -0.4 is 20.1 Å². The van der Waals surface area contributed by atoms with E-state index < -0.39 is 0 Å². The number of hydrogen-bond acceptors (Lipinski definition) is 4. The second-order valence-corrected chi connectivity index (χ2v) is 8.78. The zero-order valence-electron chi connectivity index (χ0n) is 19.5. The van der Waals surface area contributed by atoms with Crippen LogP contribution in [0.2, 0.25) is 0 Å². The average molecular weight is 407 g/mol. The summed E-state index contributed by atoms with van der Waals surface area (Å²) in [7, 11) is 5.13. The largest absolute Gasteiger partial charge is 0.493 e. The molecule has 0 saturated carbocycles. The molecule has 0 atom stereocenters. The van der Waals surface area contributed by atoms with Gasteiger partial charge in [0.05, 0.1) is 27.3 Å². The van der Waals surface area contributed by atoms with E-state index in [1.807, 2.05) is 57.8 Å². The number of nitrogens with one attached hydrogen (secondary N) is 2. The van der Waals surface area contributed by atoms with Gasteiger partial charge in [-0.1, -0.05) is 19.9 Å². The van der Waals surface area contributed by atoms with Crippen molar-refractivity contribution >= 4 is 11.9 Å². The third kappa shape index (κ3) is 7.83. The number of rotatable bonds is 8. The summed E-state index contributed by atoms with van der Waals surface area (Å²) in [5, 5.41) is 6.25. The Bertz CT molecular complexity index is 708. The molecule has 1 amide bonds. The van der Waals surface area contributed by atoms with E-state index in [2.05, 4.69) is 24.5 Å². The van der Waals surface area contributed by atoms with Crippen molar-refractivity contribution in [2.45, 2.75) is 52.5 Å². The summed E-state index contributed by atoms with van der Waals surface area (Å²) in [5.41, 5.74) is 0.611. The fourth-order valence-electron chi connectivity index (χ4n) is 2.84. The molecular formula is C22H38N4O3. The van der Waals surface area contributed by atoms with Crippen molar-refractivity contribution in [3.05, 3.63) is 23.8 Å². The van der Waals surface area contributed by atoms with Crippen molar-refractivity contribution in [1.82, 2.24) is 15.5 Å². The van der Waals surface area contributed by atoms with E-state index in [-0.39, 0.29) is 23.4 Å². The molecule has 0 aliphatic rings. The zero-order valence-corrected chi connectivity index (χ0v) is 19.5. The molecule has 0 aliphatic carbocycles. The Labute approximate surface area is 175 Å². The normalized spacial score (nSPS) is 12.4. The molecule has 29 heavy (non-hydrogen) atoms. The Hall–Kier alpha value is -2.44. The van der Waals surface area contributed by atoms with E-state index in [9.17, 15) is 4.79 Å². The number of carbonyl (C=O) groups is 1. The molecule has 7 nitrogen and oxygen atoms in total. The van der Waals surface area contributed by atoms with Crippen molar-refractivity contribution in [1.29, 1.82) is 0 Å². The quantitative estimate of drug-likeness (QED) is 0.513. The minimum atomic E-state index is -0.261. The van der Waals surface area contributed by atoms with Crippen molar-refractivity contribution in [2.24, 2.45) is 4.99 Å². The van der Waals surface area contributed by atoms with E-state index in [4.69, 9.17) is 14.5 Å². The van der Waals surface area contributed by atoms with E-state index in [1.54, 1.807) is 14.2 Å². The van der Waals surface area contributed by atoms with Gasteiger partial charge in [0.2, 0.25) is 5.91 Å². The lowest BCUT2D eigenvalue weighted by Gasteiger charge is -2.28. The third-order valence-electron chi connectivity index (χ3n) is 4.38. The van der Waals surface area contributed by atoms with Crippen LogP contribution >= 0.6 is 0 Å². The number of amides is 1. The molecule has 0 fully saturated rings. The lowest BCUT2D eigenvalue weighted by atomic mass is 9.84. The summed E-state index contributed by atoms with van der Waals surface area (Å²) < 4.78 is 10.8. The molecule has 164 valence electrons. The van der Waals surface area contributed by atoms with Crippen LogP contribution in [0.4, 0.5) is 0 Å². The lowest BCUT2D eigenvalue weighted by molar-refractivity contribution is -0.122. The molecule has 2 N–H and O–H groups in total. The topological polar surface area (TPSA) is 75.2 Å². The molecule has 0 unspecified atom stereocenters. The van der Waals surface area contributed by atoms with Crippen LogP contribution in [0.5, 0.6) is 11.5 Å². The number of aliphatic imine (C=N–C) groups is 1. The highest BCUT2D eigenvalue weighted by Gasteiger charge is 2.23. The predicted octanol–water partition coefficient (Wildman–Crippen LogP) is 2.79. The summed E-state index contributed by atoms with van der Waals surface area (Å²) >= 11 is 0. The molecule has 7 heteroatoms. The van der Waals surface area contributed by atoms with Gasteiger partial charge in [-0.3, -0.25) is 9.79 Å². The van der Waals surface area contributed by atoms with E-state index in [0.29, 0.717) is 24.0 Å². The molecular weight excluding hydrogens is 368 g/mol. The number of ether oxygens (including phenoxy) is 2. The van der Waals surface area contributed by atoms with E-state index in [0.717, 1.165) is 12.1 Å². The number of nitrogens with zero attached hydrogens (tertiary/aromatic N) is 2. The number of benzene rings is 1. The van der Waals surface area contributed by atoms with E-state index >= 15 is 0 Å². The maximum absolute atomic E-state index is 12.3. The summed E-state index contributed by atoms with van der Waals surface area (Å²) in [4.78, 5) is 18.9. The van der Waals surface area contributed by atoms with Gasteiger partial charge in [-0.05, 0) is 45.4 Å². The van der Waals surface area contributed by atoms with Gasteiger partial charge in [-0.15, -0.1) is 0 Å². The van der Waals surface area contributed by atoms with Crippen molar-refractivity contribution in [3.63, 3.8) is 0 Å². The molecule has 0 aromatic heterocycles. The summed E-state index contributed by atoms with van der Waals surface area (Å²) in [6.07, 6.45) is 0. The molecule has 0 heterocycles. The smallest absolute Gasteiger partial charge is 0.240 e. The second-order valence-electron chi connectivity index (χ2n) is 8.78. The van der Waals surface area contributed by atoms with Crippen LogP contribution in [0, 0.1) is 0 Å². The Morgan fingerprint density at radius 3 is 2.24 bits per heavy atom. The zero-order chi connectivity index (χ0) is 22.2. The fourth-order valence-corrected chi connectivity index (χ4v) is 2.84. The summed E-state index contributed by atoms with van der Waals surface area (Å²) in [5.74, 6) is 2.06. The molecule has 1 rings (SSSR count). The minimum absolute atomic E-state index is 0.0373. The Balaban J connectivity index is 2.97. The Kier molecular flexibility index (Phi) is 8.80. The first-order chi connectivity index (χ1) is 13.4. The maximum atomic E-state index is 12.3. The van der Waals surface area contributed by atoms with Crippen LogP contribution in [-0.4, -0.2) is 63.2 Å². The standard InChI is InChI=1S/C22H38N4O3/c1-10-23-20(26(7)14-19(27)25-21(2,3)4)24-15-22(5,6)16-11-12-17(28-8)18(13-16)29-9/h11-13H,10,14-15H2,1-9H3,(H,23,24)(H,25,27). The summed E-state index contributed by atoms with van der Waals surface area (Å²) in [6, 6.07) is 5.93. The van der Waals surface area contributed by atoms with Crippen molar-refractivity contribution in [3.8, 4) is 11.5 Å². The predicted molar refractivity (Wildman–Crippen MR) is 119 cm³/mol. The molecule has 0 bridgehead atoms. The number of methoxy groups -OCH3 is 2. The number of carbonyl (C=O) groups excluding carboxylic acids is 1. The SMILES string of the molecule is CCNC(=NCC(C)(C)c1ccc(OC)c(OC)c1)N(C)CC(=O)NC(C)(C)C. The summed E-state index contributed by atoms with van der Waals surface area (Å²) in [6.45, 7) is 13.7. The molecule has 0 radical (unpaired) electrons. The van der Waals surface area contributed by atoms with E-state index in [1.165, 1.54) is 0 Å². The van der Waals surface area contributed by atoms with Gasteiger partial charge in [0.25, 0.3) is 0 Å². The molecule has 1 aromatic carbocycles. The molecule has 1 aromatic rings. The highest BCUT2D eigenvalue weighted by atomic mass is 16.5. The molecule has 0 aliphatic heterocycles. The van der Waals surface area contributed by atoms with Gasteiger partial charge in [0.15, 0.2) is 17.5 Å². The maximum Gasteiger partial charge on any atom is 0.240 e. The highest BCUT2D eigenvalue weighted by Crippen LogP contribution is 2.33. The third-order valence-corrected chi connectivity index (χ3v) is 4.38. The van der Waals surface area contributed by atoms with Gasteiger partial charge in [0, 0.05) is 24.5 Å². The Morgan fingerprint density at radius 2 is 1.72 bits per heavy atom. The van der Waals surface area contributed by atoms with Gasteiger partial charge in [0.1, 0.15) is 0 Å². The van der Waals surface area contributed by atoms with Crippen LogP contribution in [0.3, 0.4) is 0 Å². The van der Waals surface area contributed by atoms with Gasteiger partial charge >= 0.3 is 0 Å². The minimum Gasteiger partial charge on any atom is -0.493 e. The first kappa shape index (κ1) is 24.6. The van der Waals surface area contributed by atoms with Crippen molar-refractivity contribution < 1.29 is 14.3 Å². The highest BCUT2D eigenvalue weighted by molar-refractivity contribution is 5.86. The second kappa shape index (κ2) is 10.4. The number of guanidine groups is 1. The molecule has 0 saturated heterocycles. The number of hydrogen-bond donors (Lipinski definition) is 2. The van der Waals surface area contributed by atoms with Crippen LogP contribution in [-0.2, 0) is 10.2 Å². The fraction of sp³-hybridized carbons (Fsp3) is 0.636. The monoisotopic (exact) mass is 406 g/mol.